The Bertz CT molecular complexity index is 805. The van der Waals surface area contributed by atoms with Crippen molar-refractivity contribution in [1.82, 2.24) is 10.2 Å². The zero-order valence-corrected chi connectivity index (χ0v) is 16.2. The quantitative estimate of drug-likeness (QED) is 0.704. The van der Waals surface area contributed by atoms with Crippen molar-refractivity contribution in [1.29, 1.82) is 0 Å². The number of carbonyl (C=O) groups is 3. The van der Waals surface area contributed by atoms with Crippen molar-refractivity contribution in [3.63, 3.8) is 0 Å². The topological polar surface area (TPSA) is 84.9 Å². The summed E-state index contributed by atoms with van der Waals surface area (Å²) in [6.45, 7) is 1.59. The average Bonchev–Trinajstić information content (AvgIpc) is 2.72. The molecule has 2 amide bonds. The van der Waals surface area contributed by atoms with Crippen LogP contribution < -0.4 is 10.1 Å². The second kappa shape index (κ2) is 10.1. The predicted molar refractivity (Wildman–Crippen MR) is 104 cm³/mol. The summed E-state index contributed by atoms with van der Waals surface area (Å²) in [5.41, 5.74) is 1.36. The summed E-state index contributed by atoms with van der Waals surface area (Å²) in [7, 11) is 3.18. The number of carbonyl (C=O) groups excluding carboxylic acids is 3. The van der Waals surface area contributed by atoms with E-state index in [-0.39, 0.29) is 12.5 Å². The van der Waals surface area contributed by atoms with Crippen molar-refractivity contribution in [3.05, 3.63) is 65.7 Å². The van der Waals surface area contributed by atoms with Crippen LogP contribution in [0.3, 0.4) is 0 Å². The molecular weight excluding hydrogens is 360 g/mol. The molecule has 0 saturated heterocycles. The van der Waals surface area contributed by atoms with Gasteiger partial charge in [-0.2, -0.15) is 0 Å². The molecule has 0 spiro atoms. The third-order valence-corrected chi connectivity index (χ3v) is 4.04. The number of hydrogen-bond donors (Lipinski definition) is 1. The average molecular weight is 384 g/mol. The second-order valence-electron chi connectivity index (χ2n) is 6.22. The standard InChI is InChI=1S/C21H24N2O5/c1-15(21(26)23(2)14-16-7-5-4-6-8-16)28-19(24)13-22-20(25)17-9-11-18(27-3)12-10-17/h4-12,15H,13-14H2,1-3H3,(H,22,25)/t15-/m1/s1. The van der Waals surface area contributed by atoms with Gasteiger partial charge in [0.1, 0.15) is 12.3 Å². The molecule has 2 aromatic carbocycles. The highest BCUT2D eigenvalue weighted by atomic mass is 16.5. The van der Waals surface area contributed by atoms with Crippen LogP contribution in [0.5, 0.6) is 5.75 Å². The molecule has 2 aromatic rings. The molecule has 0 aliphatic heterocycles. The van der Waals surface area contributed by atoms with Crippen molar-refractivity contribution >= 4 is 17.8 Å². The Hall–Kier alpha value is -3.35. The molecule has 0 heterocycles. The van der Waals surface area contributed by atoms with Gasteiger partial charge in [-0.3, -0.25) is 14.4 Å². The molecule has 7 heteroatoms. The van der Waals surface area contributed by atoms with Gasteiger partial charge in [-0.15, -0.1) is 0 Å². The summed E-state index contributed by atoms with van der Waals surface area (Å²) in [6, 6.07) is 16.0. The Labute approximate surface area is 164 Å². The van der Waals surface area contributed by atoms with Crippen LogP contribution in [0, 0.1) is 0 Å². The van der Waals surface area contributed by atoms with Crippen LogP contribution in [-0.4, -0.2) is 49.5 Å². The van der Waals surface area contributed by atoms with Gasteiger partial charge < -0.3 is 19.7 Å². The van der Waals surface area contributed by atoms with Gasteiger partial charge in [0.05, 0.1) is 7.11 Å². The normalized spacial score (nSPS) is 11.2. The van der Waals surface area contributed by atoms with E-state index in [4.69, 9.17) is 9.47 Å². The number of likely N-dealkylation sites (N-methyl/N-ethyl adjacent to an activating group) is 1. The summed E-state index contributed by atoms with van der Waals surface area (Å²) < 4.78 is 10.2. The van der Waals surface area contributed by atoms with E-state index in [0.29, 0.717) is 17.9 Å². The molecule has 0 fully saturated rings. The number of amides is 2. The van der Waals surface area contributed by atoms with Gasteiger partial charge in [-0.1, -0.05) is 30.3 Å². The van der Waals surface area contributed by atoms with Crippen LogP contribution in [0.1, 0.15) is 22.8 Å². The van der Waals surface area contributed by atoms with Gasteiger partial charge in [0.25, 0.3) is 11.8 Å². The first-order valence-corrected chi connectivity index (χ1v) is 8.81. The summed E-state index contributed by atoms with van der Waals surface area (Å²) in [6.07, 6.45) is -0.945. The van der Waals surface area contributed by atoms with Gasteiger partial charge in [-0.05, 0) is 36.8 Å². The van der Waals surface area contributed by atoms with Crippen LogP contribution in [0.4, 0.5) is 0 Å². The van der Waals surface area contributed by atoms with Gasteiger partial charge in [0, 0.05) is 19.2 Å². The van der Waals surface area contributed by atoms with E-state index in [1.54, 1.807) is 31.3 Å². The molecule has 0 radical (unpaired) electrons. The minimum absolute atomic E-state index is 0.321. The van der Waals surface area contributed by atoms with E-state index < -0.39 is 18.0 Å². The molecule has 28 heavy (non-hydrogen) atoms. The number of esters is 1. The van der Waals surface area contributed by atoms with E-state index >= 15 is 0 Å². The fourth-order valence-corrected chi connectivity index (χ4v) is 2.53. The van der Waals surface area contributed by atoms with E-state index in [2.05, 4.69) is 5.32 Å². The number of methoxy groups -OCH3 is 1. The van der Waals surface area contributed by atoms with Crippen LogP contribution in [0.25, 0.3) is 0 Å². The Morgan fingerprint density at radius 3 is 2.29 bits per heavy atom. The van der Waals surface area contributed by atoms with Crippen molar-refractivity contribution in [2.45, 2.75) is 19.6 Å². The first-order chi connectivity index (χ1) is 13.4. The largest absolute Gasteiger partial charge is 0.497 e. The SMILES string of the molecule is COc1ccc(C(=O)NCC(=O)O[C@H](C)C(=O)N(C)Cc2ccccc2)cc1. The molecule has 2 rings (SSSR count). The molecule has 0 aliphatic rings. The zero-order valence-electron chi connectivity index (χ0n) is 16.2. The van der Waals surface area contributed by atoms with Crippen molar-refractivity contribution in [2.24, 2.45) is 0 Å². The van der Waals surface area contributed by atoms with Gasteiger partial charge in [-0.25, -0.2) is 0 Å². The maximum absolute atomic E-state index is 12.4. The van der Waals surface area contributed by atoms with E-state index in [9.17, 15) is 14.4 Å². The minimum atomic E-state index is -0.945. The molecule has 0 saturated carbocycles. The lowest BCUT2D eigenvalue weighted by Crippen LogP contribution is -2.39. The molecule has 0 unspecified atom stereocenters. The lowest BCUT2D eigenvalue weighted by Gasteiger charge is -2.21. The third-order valence-electron chi connectivity index (χ3n) is 4.04. The molecule has 0 bridgehead atoms. The molecule has 0 aromatic heterocycles. The fourth-order valence-electron chi connectivity index (χ4n) is 2.53. The molecule has 1 atom stereocenters. The Kier molecular flexibility index (Phi) is 7.56. The Morgan fingerprint density at radius 1 is 1.04 bits per heavy atom. The summed E-state index contributed by atoms with van der Waals surface area (Å²) in [5.74, 6) is -0.794. The maximum atomic E-state index is 12.4. The highest BCUT2D eigenvalue weighted by Gasteiger charge is 2.22. The fraction of sp³-hybridized carbons (Fsp3) is 0.286. The molecule has 1 N–H and O–H groups in total. The maximum Gasteiger partial charge on any atom is 0.326 e. The Morgan fingerprint density at radius 2 is 1.68 bits per heavy atom. The summed E-state index contributed by atoms with van der Waals surface area (Å²) in [4.78, 5) is 37.8. The summed E-state index contributed by atoms with van der Waals surface area (Å²) in [5, 5.41) is 2.47. The lowest BCUT2D eigenvalue weighted by atomic mass is 10.2. The number of ether oxygens (including phenoxy) is 2. The third kappa shape index (κ3) is 6.12. The minimum Gasteiger partial charge on any atom is -0.497 e. The van der Waals surface area contributed by atoms with Gasteiger partial charge >= 0.3 is 5.97 Å². The van der Waals surface area contributed by atoms with Crippen LogP contribution >= 0.6 is 0 Å². The van der Waals surface area contributed by atoms with Crippen LogP contribution in [0.15, 0.2) is 54.6 Å². The van der Waals surface area contributed by atoms with Crippen molar-refractivity contribution < 1.29 is 23.9 Å². The molecule has 148 valence electrons. The highest BCUT2D eigenvalue weighted by molar-refractivity contribution is 5.96. The van der Waals surface area contributed by atoms with Gasteiger partial charge in [0.2, 0.25) is 0 Å². The first-order valence-electron chi connectivity index (χ1n) is 8.81. The van der Waals surface area contributed by atoms with E-state index in [0.717, 1.165) is 5.56 Å². The monoisotopic (exact) mass is 384 g/mol. The van der Waals surface area contributed by atoms with E-state index in [1.807, 2.05) is 30.3 Å². The van der Waals surface area contributed by atoms with Crippen molar-refractivity contribution in [2.75, 3.05) is 20.7 Å². The summed E-state index contributed by atoms with van der Waals surface area (Å²) >= 11 is 0. The van der Waals surface area contributed by atoms with Crippen molar-refractivity contribution in [3.8, 4) is 5.75 Å². The van der Waals surface area contributed by atoms with E-state index in [1.165, 1.54) is 18.9 Å². The smallest absolute Gasteiger partial charge is 0.326 e. The lowest BCUT2D eigenvalue weighted by molar-refractivity contribution is -0.157. The number of hydrogen-bond acceptors (Lipinski definition) is 5. The number of rotatable bonds is 8. The molecular formula is C21H24N2O5. The molecule has 0 aliphatic carbocycles. The van der Waals surface area contributed by atoms with Crippen LogP contribution in [0.2, 0.25) is 0 Å². The predicted octanol–water partition coefficient (Wildman–Crippen LogP) is 2.02. The molecule has 7 nitrogen and oxygen atoms in total. The second-order valence-corrected chi connectivity index (χ2v) is 6.22. The van der Waals surface area contributed by atoms with Gasteiger partial charge in [0.15, 0.2) is 6.10 Å². The number of nitrogens with one attached hydrogen (secondary N) is 1. The first kappa shape index (κ1) is 21.0. The Balaban J connectivity index is 1.79. The number of benzene rings is 2. The highest BCUT2D eigenvalue weighted by Crippen LogP contribution is 2.11. The number of nitrogens with zero attached hydrogens (tertiary/aromatic N) is 1. The van der Waals surface area contributed by atoms with Crippen LogP contribution in [-0.2, 0) is 20.9 Å². The zero-order chi connectivity index (χ0) is 20.5.